The summed E-state index contributed by atoms with van der Waals surface area (Å²) in [5.41, 5.74) is 4.79. The second-order valence-electron chi connectivity index (χ2n) is 10.5. The number of fused-ring (bicyclic) bond motifs is 3. The van der Waals surface area contributed by atoms with Gasteiger partial charge < -0.3 is 14.4 Å². The van der Waals surface area contributed by atoms with Crippen molar-refractivity contribution in [2.24, 2.45) is 5.92 Å². The minimum absolute atomic E-state index is 0.170. The average Bonchev–Trinajstić information content (AvgIpc) is 3.16. The monoisotopic (exact) mass is 462 g/mol. The van der Waals surface area contributed by atoms with Crippen LogP contribution in [0, 0.1) is 5.92 Å². The Morgan fingerprint density at radius 2 is 1.74 bits per heavy atom. The molecule has 0 saturated carbocycles. The standard InChI is InChI=1S/C28H38N4O2/c1-4-12-32-26-6-5-22(28(34)30-13-7-20(2)8-14-30)18-24(26)25-19-31(17-11-27(25)32)23-9-15-29(16-10-23)21(3)33/h4-6,18,20,23H,1,7-17,19H2,2-3H3. The molecular weight excluding hydrogens is 424 g/mol. The van der Waals surface area contributed by atoms with Crippen molar-refractivity contribution in [1.29, 1.82) is 0 Å². The Morgan fingerprint density at radius 1 is 1.03 bits per heavy atom. The van der Waals surface area contributed by atoms with Crippen molar-refractivity contribution in [3.63, 3.8) is 0 Å². The number of allylic oxidation sites excluding steroid dienone is 1. The molecule has 0 spiro atoms. The zero-order chi connectivity index (χ0) is 23.8. The Morgan fingerprint density at radius 3 is 2.41 bits per heavy atom. The number of hydrogen-bond acceptors (Lipinski definition) is 3. The lowest BCUT2D eigenvalue weighted by molar-refractivity contribution is -0.130. The smallest absolute Gasteiger partial charge is 0.253 e. The van der Waals surface area contributed by atoms with Gasteiger partial charge in [0.05, 0.1) is 0 Å². The molecule has 5 rings (SSSR count). The number of rotatable bonds is 4. The Balaban J connectivity index is 1.42. The molecule has 0 radical (unpaired) electrons. The van der Waals surface area contributed by atoms with Crippen molar-refractivity contribution in [3.05, 3.63) is 47.7 Å². The summed E-state index contributed by atoms with van der Waals surface area (Å²) in [5, 5.41) is 1.22. The van der Waals surface area contributed by atoms with Crippen LogP contribution in [0.1, 0.15) is 61.1 Å². The van der Waals surface area contributed by atoms with E-state index in [1.165, 1.54) is 22.2 Å². The van der Waals surface area contributed by atoms with Crippen LogP contribution in [0.4, 0.5) is 0 Å². The summed E-state index contributed by atoms with van der Waals surface area (Å²) in [6, 6.07) is 6.83. The van der Waals surface area contributed by atoms with E-state index in [1.807, 2.05) is 21.9 Å². The molecule has 1 aromatic carbocycles. The van der Waals surface area contributed by atoms with Gasteiger partial charge in [-0.2, -0.15) is 0 Å². The second kappa shape index (κ2) is 9.57. The lowest BCUT2D eigenvalue weighted by atomic mass is 9.96. The first-order valence-electron chi connectivity index (χ1n) is 13.0. The number of nitrogens with zero attached hydrogens (tertiary/aromatic N) is 4. The lowest BCUT2D eigenvalue weighted by Gasteiger charge is -2.40. The van der Waals surface area contributed by atoms with Crippen LogP contribution in [-0.4, -0.2) is 69.8 Å². The molecule has 2 aromatic rings. The zero-order valence-electron chi connectivity index (χ0n) is 20.8. The van der Waals surface area contributed by atoms with Gasteiger partial charge in [0.2, 0.25) is 5.91 Å². The number of likely N-dealkylation sites (tertiary alicyclic amines) is 2. The van der Waals surface area contributed by atoms with E-state index in [0.717, 1.165) is 83.5 Å². The summed E-state index contributed by atoms with van der Waals surface area (Å²) in [5.74, 6) is 1.07. The van der Waals surface area contributed by atoms with Crippen LogP contribution in [0.25, 0.3) is 10.9 Å². The fourth-order valence-electron chi connectivity index (χ4n) is 6.19. The van der Waals surface area contributed by atoms with E-state index in [1.54, 1.807) is 6.92 Å². The molecule has 6 heteroatoms. The van der Waals surface area contributed by atoms with E-state index in [2.05, 4.69) is 35.1 Å². The predicted octanol–water partition coefficient (Wildman–Crippen LogP) is 4.07. The van der Waals surface area contributed by atoms with Crippen LogP contribution >= 0.6 is 0 Å². The minimum Gasteiger partial charge on any atom is -0.343 e. The van der Waals surface area contributed by atoms with Crippen molar-refractivity contribution in [3.8, 4) is 0 Å². The molecule has 2 saturated heterocycles. The molecule has 6 nitrogen and oxygen atoms in total. The van der Waals surface area contributed by atoms with E-state index in [9.17, 15) is 9.59 Å². The predicted molar refractivity (Wildman–Crippen MR) is 136 cm³/mol. The summed E-state index contributed by atoms with van der Waals surface area (Å²) < 4.78 is 2.39. The largest absolute Gasteiger partial charge is 0.343 e. The highest BCUT2D eigenvalue weighted by molar-refractivity contribution is 5.99. The Kier molecular flexibility index (Phi) is 6.52. The molecule has 0 aliphatic carbocycles. The first-order chi connectivity index (χ1) is 16.5. The van der Waals surface area contributed by atoms with Crippen LogP contribution in [0.3, 0.4) is 0 Å². The van der Waals surface area contributed by atoms with Crippen molar-refractivity contribution < 1.29 is 9.59 Å². The van der Waals surface area contributed by atoms with Crippen molar-refractivity contribution in [2.75, 3.05) is 32.7 Å². The zero-order valence-corrected chi connectivity index (χ0v) is 20.8. The maximum absolute atomic E-state index is 13.3. The molecule has 34 heavy (non-hydrogen) atoms. The van der Waals surface area contributed by atoms with Crippen LogP contribution in [0.5, 0.6) is 0 Å². The Bertz CT molecular complexity index is 1090. The molecule has 182 valence electrons. The maximum atomic E-state index is 13.3. The van der Waals surface area contributed by atoms with Gasteiger partial charge >= 0.3 is 0 Å². The average molecular weight is 463 g/mol. The number of amides is 2. The molecule has 4 heterocycles. The van der Waals surface area contributed by atoms with E-state index in [4.69, 9.17) is 0 Å². The Labute approximate surface area is 203 Å². The molecule has 0 atom stereocenters. The Hall–Kier alpha value is -2.60. The number of carbonyl (C=O) groups excluding carboxylic acids is 2. The van der Waals surface area contributed by atoms with E-state index < -0.39 is 0 Å². The lowest BCUT2D eigenvalue weighted by Crippen LogP contribution is -2.47. The number of carbonyl (C=O) groups is 2. The van der Waals surface area contributed by atoms with Crippen LogP contribution in [0.15, 0.2) is 30.9 Å². The number of benzene rings is 1. The highest BCUT2D eigenvalue weighted by Gasteiger charge is 2.31. The third-order valence-corrected chi connectivity index (χ3v) is 8.34. The molecule has 0 bridgehead atoms. The quantitative estimate of drug-likeness (QED) is 0.644. The van der Waals surface area contributed by atoms with Gasteiger partial charge in [-0.25, -0.2) is 0 Å². The SMILES string of the molecule is C=CCn1c2c(c3cc(C(=O)N4CCC(C)CC4)ccc31)CN(C1CCN(C(C)=O)CC1)CC2. The van der Waals surface area contributed by atoms with Gasteiger partial charge in [0.15, 0.2) is 0 Å². The molecule has 3 aliphatic heterocycles. The van der Waals surface area contributed by atoms with Crippen LogP contribution in [-0.2, 0) is 24.3 Å². The topological polar surface area (TPSA) is 48.8 Å². The van der Waals surface area contributed by atoms with Gasteiger partial charge in [0.1, 0.15) is 0 Å². The molecule has 0 unspecified atom stereocenters. The number of aromatic nitrogens is 1. The highest BCUT2D eigenvalue weighted by atomic mass is 16.2. The fourth-order valence-corrected chi connectivity index (χ4v) is 6.19. The van der Waals surface area contributed by atoms with E-state index in [-0.39, 0.29) is 11.8 Å². The van der Waals surface area contributed by atoms with Gasteiger partial charge in [-0.05, 0) is 55.4 Å². The second-order valence-corrected chi connectivity index (χ2v) is 10.5. The van der Waals surface area contributed by atoms with Crippen molar-refractivity contribution >= 4 is 22.7 Å². The normalized spacial score (nSPS) is 20.5. The number of hydrogen-bond donors (Lipinski definition) is 0. The van der Waals surface area contributed by atoms with Crippen molar-refractivity contribution in [2.45, 2.75) is 65.1 Å². The summed E-state index contributed by atoms with van der Waals surface area (Å²) in [6.07, 6.45) is 7.25. The maximum Gasteiger partial charge on any atom is 0.253 e. The van der Waals surface area contributed by atoms with Gasteiger partial charge in [-0.3, -0.25) is 14.5 Å². The van der Waals surface area contributed by atoms with E-state index in [0.29, 0.717) is 12.0 Å². The van der Waals surface area contributed by atoms with E-state index >= 15 is 0 Å². The molecule has 2 amide bonds. The van der Waals surface area contributed by atoms with Gasteiger partial charge in [0.25, 0.3) is 5.91 Å². The van der Waals surface area contributed by atoms with Gasteiger partial charge in [-0.1, -0.05) is 13.0 Å². The first kappa shape index (κ1) is 23.2. The molecular formula is C28H38N4O2. The highest BCUT2D eigenvalue weighted by Crippen LogP contribution is 2.34. The third-order valence-electron chi connectivity index (χ3n) is 8.34. The molecule has 0 N–H and O–H groups in total. The molecule has 1 aromatic heterocycles. The summed E-state index contributed by atoms with van der Waals surface area (Å²) >= 11 is 0. The summed E-state index contributed by atoms with van der Waals surface area (Å²) in [4.78, 5) is 31.7. The summed E-state index contributed by atoms with van der Waals surface area (Å²) in [7, 11) is 0. The van der Waals surface area contributed by atoms with Crippen LogP contribution < -0.4 is 0 Å². The fraction of sp³-hybridized carbons (Fsp3) is 0.571. The third kappa shape index (κ3) is 4.28. The van der Waals surface area contributed by atoms with Crippen molar-refractivity contribution in [1.82, 2.24) is 19.3 Å². The van der Waals surface area contributed by atoms with Gasteiger partial charge in [-0.15, -0.1) is 6.58 Å². The molecule has 3 aliphatic rings. The van der Waals surface area contributed by atoms with Gasteiger partial charge in [0, 0.05) is 87.4 Å². The minimum atomic E-state index is 0.170. The summed E-state index contributed by atoms with van der Waals surface area (Å²) in [6.45, 7) is 14.1. The van der Waals surface area contributed by atoms with Crippen LogP contribution in [0.2, 0.25) is 0 Å². The number of piperidine rings is 2. The molecule has 2 fully saturated rings. The first-order valence-corrected chi connectivity index (χ1v) is 13.0.